The van der Waals surface area contributed by atoms with Crippen LogP contribution in [-0.4, -0.2) is 81.8 Å². The predicted molar refractivity (Wildman–Crippen MR) is 171 cm³/mol. The molecule has 0 saturated carbocycles. The molecule has 2 aliphatic rings. The highest BCUT2D eigenvalue weighted by Crippen LogP contribution is 2.39. The number of amides is 2. The summed E-state index contributed by atoms with van der Waals surface area (Å²) >= 11 is 8.79. The average Bonchev–Trinajstić information content (AvgIpc) is 3.59. The Hall–Kier alpha value is -0.790. The van der Waals surface area contributed by atoms with Crippen LogP contribution in [0.1, 0.15) is 77.0 Å². The lowest BCUT2D eigenvalue weighted by molar-refractivity contribution is -0.151. The minimum atomic E-state index is -0.588. The molecular formula is C28H46N2O6S4. The lowest BCUT2D eigenvalue weighted by Gasteiger charge is -2.20. The van der Waals surface area contributed by atoms with Gasteiger partial charge >= 0.3 is 5.97 Å². The maximum atomic E-state index is 12.7. The van der Waals surface area contributed by atoms with E-state index >= 15 is 0 Å². The number of unbranched alkanes of at least 4 members (excludes halogenated alkanes) is 1. The van der Waals surface area contributed by atoms with Crippen molar-refractivity contribution in [2.45, 2.75) is 99.9 Å². The van der Waals surface area contributed by atoms with Gasteiger partial charge in [-0.15, -0.1) is 0 Å². The van der Waals surface area contributed by atoms with Gasteiger partial charge < -0.3 is 14.6 Å². The van der Waals surface area contributed by atoms with E-state index in [2.05, 4.69) is 36.7 Å². The summed E-state index contributed by atoms with van der Waals surface area (Å²) in [4.78, 5) is 38.6. The molecule has 2 rings (SSSR count). The molecule has 0 aromatic carbocycles. The number of aliphatic hydroxyl groups excluding tert-OH is 1. The van der Waals surface area contributed by atoms with Gasteiger partial charge in [0.25, 0.3) is 0 Å². The number of esters is 1. The molecule has 0 aromatic heterocycles. The van der Waals surface area contributed by atoms with E-state index in [4.69, 9.17) is 9.47 Å². The van der Waals surface area contributed by atoms with E-state index in [1.165, 1.54) is 17.1 Å². The lowest BCUT2D eigenvalue weighted by atomic mass is 10.1. The molecule has 4 unspecified atom stereocenters. The number of thiol groups is 2. The molecule has 0 radical (unpaired) electrons. The van der Waals surface area contributed by atoms with Crippen LogP contribution in [0.2, 0.25) is 0 Å². The molecule has 2 saturated heterocycles. The second-order valence-corrected chi connectivity index (χ2v) is 14.0. The molecule has 40 heavy (non-hydrogen) atoms. The first-order valence-electron chi connectivity index (χ1n) is 14.3. The Kier molecular flexibility index (Phi) is 19.3. The molecule has 12 heteroatoms. The van der Waals surface area contributed by atoms with Crippen LogP contribution in [0.3, 0.4) is 0 Å². The maximum absolute atomic E-state index is 12.7. The monoisotopic (exact) mass is 634 g/mol. The average molecular weight is 635 g/mol. The van der Waals surface area contributed by atoms with Crippen molar-refractivity contribution in [1.29, 1.82) is 0 Å². The minimum absolute atomic E-state index is 0.0169. The number of hydrogen-bond acceptors (Lipinski definition) is 11. The fraction of sp³-hybridized carbons (Fsp3) is 0.750. The Labute approximate surface area is 258 Å². The smallest absolute Gasteiger partial charge is 0.307 e. The molecule has 2 fully saturated rings. The van der Waals surface area contributed by atoms with Crippen molar-refractivity contribution in [2.24, 2.45) is 0 Å². The zero-order valence-corrected chi connectivity index (χ0v) is 26.7. The Morgan fingerprint density at radius 1 is 1.15 bits per heavy atom. The highest BCUT2D eigenvalue weighted by molar-refractivity contribution is 8.77. The number of carbonyl (C=O) groups is 3. The fourth-order valence-corrected chi connectivity index (χ4v) is 7.79. The summed E-state index contributed by atoms with van der Waals surface area (Å²) in [6, 6.07) is 0. The van der Waals surface area contributed by atoms with Gasteiger partial charge in [0.1, 0.15) is 6.10 Å². The lowest BCUT2D eigenvalue weighted by Crippen LogP contribution is -2.39. The first-order chi connectivity index (χ1) is 19.4. The maximum Gasteiger partial charge on any atom is 0.307 e. The first kappa shape index (κ1) is 35.4. The number of rotatable bonds is 21. The molecule has 2 N–H and O–H groups in total. The van der Waals surface area contributed by atoms with Crippen LogP contribution in [-0.2, 0) is 23.9 Å². The highest BCUT2D eigenvalue weighted by Gasteiger charge is 2.34. The van der Waals surface area contributed by atoms with Crippen LogP contribution >= 0.6 is 46.8 Å². The summed E-state index contributed by atoms with van der Waals surface area (Å²) in [5, 5.41) is 13.3. The topological polar surface area (TPSA) is 105 Å². The number of nitrogens with zero attached hydrogens (tertiary/aromatic N) is 1. The van der Waals surface area contributed by atoms with Gasteiger partial charge in [-0.05, 0) is 56.8 Å². The summed E-state index contributed by atoms with van der Waals surface area (Å²) in [6.45, 7) is 0.468. The van der Waals surface area contributed by atoms with Crippen LogP contribution in [0.25, 0.3) is 0 Å². The molecule has 8 nitrogen and oxygen atoms in total. The molecule has 2 aliphatic heterocycles. The molecule has 0 aliphatic carbocycles. The minimum Gasteiger partial charge on any atom is -0.496 e. The summed E-state index contributed by atoms with van der Waals surface area (Å²) in [7, 11) is 3.87. The highest BCUT2D eigenvalue weighted by atomic mass is 33.1. The number of carbonyl (C=O) groups excluding carboxylic acids is 3. The van der Waals surface area contributed by atoms with Crippen LogP contribution in [0.15, 0.2) is 24.5 Å². The van der Waals surface area contributed by atoms with Gasteiger partial charge in [0, 0.05) is 48.7 Å². The molecule has 4 atom stereocenters. The summed E-state index contributed by atoms with van der Waals surface area (Å²) in [6.07, 6.45) is 15.0. The van der Waals surface area contributed by atoms with E-state index in [1.54, 1.807) is 6.26 Å². The van der Waals surface area contributed by atoms with Crippen molar-refractivity contribution >= 4 is 64.6 Å². The van der Waals surface area contributed by atoms with E-state index in [1.807, 2.05) is 33.7 Å². The van der Waals surface area contributed by atoms with Gasteiger partial charge in [-0.3, -0.25) is 24.6 Å². The number of hydrogen-bond donors (Lipinski definition) is 4. The third-order valence-electron chi connectivity index (χ3n) is 6.59. The molecule has 0 spiro atoms. The Morgan fingerprint density at radius 3 is 2.73 bits per heavy atom. The number of ether oxygens (including phenoxy) is 2. The number of aliphatic hydroxyl groups is 1. The zero-order valence-electron chi connectivity index (χ0n) is 23.3. The number of likely N-dealkylation sites (tertiary alicyclic amines) is 1. The molecule has 0 bridgehead atoms. The Morgan fingerprint density at radius 2 is 1.98 bits per heavy atom. The summed E-state index contributed by atoms with van der Waals surface area (Å²) < 4.78 is 11.2. The van der Waals surface area contributed by atoms with Gasteiger partial charge in [-0.25, -0.2) is 0 Å². The summed E-state index contributed by atoms with van der Waals surface area (Å²) in [5.74, 6) is 1.24. The fourth-order valence-electron chi connectivity index (χ4n) is 4.34. The van der Waals surface area contributed by atoms with Gasteiger partial charge in [0.05, 0.1) is 19.2 Å². The van der Waals surface area contributed by atoms with Crippen LogP contribution < -0.4 is 5.32 Å². The van der Waals surface area contributed by atoms with Crippen molar-refractivity contribution in [2.75, 3.05) is 31.2 Å². The van der Waals surface area contributed by atoms with Crippen LogP contribution in [0, 0.1) is 0 Å². The number of nitrogens with one attached hydrogen (secondary N) is 1. The third kappa shape index (κ3) is 15.4. The Bertz CT molecular complexity index is 810. The summed E-state index contributed by atoms with van der Waals surface area (Å²) in [5.41, 5.74) is 0. The zero-order chi connectivity index (χ0) is 29.0. The Balaban J connectivity index is 1.64. The standard InChI is InChI=1S/C28H46N2O6S4/c31-16-6-11-25(36-28(34)12-4-3-8-23(38)9-7-18-37)29-15-13-26(32)30-21-22(20-27(30)33)35-17-5-1-2-10-24-14-19-39-40-24/h1-2,5,17,22-25,29,31,37-38H,3-4,6-16,18-21H2/b2-1+,17-5+. The molecule has 2 heterocycles. The quantitative estimate of drug-likeness (QED) is 0.0266. The van der Waals surface area contributed by atoms with E-state index in [0.717, 1.165) is 44.3 Å². The van der Waals surface area contributed by atoms with Gasteiger partial charge in [0.15, 0.2) is 6.23 Å². The van der Waals surface area contributed by atoms with Crippen LogP contribution in [0.5, 0.6) is 0 Å². The van der Waals surface area contributed by atoms with Crippen molar-refractivity contribution in [3.05, 3.63) is 24.5 Å². The molecule has 0 aromatic rings. The van der Waals surface area contributed by atoms with Gasteiger partial charge in [-0.2, -0.15) is 25.3 Å². The van der Waals surface area contributed by atoms with Crippen molar-refractivity contribution in [3.63, 3.8) is 0 Å². The first-order valence-corrected chi connectivity index (χ1v) is 17.9. The van der Waals surface area contributed by atoms with Crippen molar-refractivity contribution in [1.82, 2.24) is 10.2 Å². The van der Waals surface area contributed by atoms with E-state index < -0.39 is 6.23 Å². The molecular weight excluding hydrogens is 589 g/mol. The SMILES string of the molecule is O=C(CCCCC(S)CCCS)OC(CCCO)NCCC(=O)N1CC(O/C=C/C=C/CC2CCSS2)CC1=O. The van der Waals surface area contributed by atoms with E-state index in [-0.39, 0.29) is 56.4 Å². The largest absolute Gasteiger partial charge is 0.496 e. The van der Waals surface area contributed by atoms with Gasteiger partial charge in [0.2, 0.25) is 11.8 Å². The van der Waals surface area contributed by atoms with Crippen LogP contribution in [0.4, 0.5) is 0 Å². The van der Waals surface area contributed by atoms with E-state index in [9.17, 15) is 19.5 Å². The van der Waals surface area contributed by atoms with Gasteiger partial charge in [-0.1, -0.05) is 40.2 Å². The van der Waals surface area contributed by atoms with Crippen molar-refractivity contribution in [3.8, 4) is 0 Å². The molecule has 228 valence electrons. The molecule has 2 amide bonds. The number of imide groups is 1. The van der Waals surface area contributed by atoms with Crippen molar-refractivity contribution < 1.29 is 29.0 Å². The third-order valence-corrected chi connectivity index (χ3v) is 10.4. The predicted octanol–water partition coefficient (Wildman–Crippen LogP) is 4.93. The number of allylic oxidation sites excluding steroid dienone is 3. The second-order valence-electron chi connectivity index (χ2n) is 10.00. The second kappa shape index (κ2) is 21.8. The normalized spacial score (nSPS) is 21.0. The van der Waals surface area contributed by atoms with E-state index in [0.29, 0.717) is 29.8 Å².